The van der Waals surface area contributed by atoms with Crippen molar-refractivity contribution in [3.05, 3.63) is 30.0 Å². The molecule has 114 valence electrons. The molecule has 0 atom stereocenters. The summed E-state index contributed by atoms with van der Waals surface area (Å²) < 4.78 is 5.38. The zero-order valence-corrected chi connectivity index (χ0v) is 12.9. The summed E-state index contributed by atoms with van der Waals surface area (Å²) >= 11 is 0. The zero-order valence-electron chi connectivity index (χ0n) is 12.9. The number of aryl methyl sites for hydroxylation is 1. The van der Waals surface area contributed by atoms with Crippen LogP contribution in [0.25, 0.3) is 10.9 Å². The van der Waals surface area contributed by atoms with E-state index in [0.717, 1.165) is 54.6 Å². The molecule has 0 saturated heterocycles. The standard InChI is InChI=1S/C17H24N2O2/c1-13-7-9-19-17-15(13)11-14(21-2)12-16(17)18-8-5-3-4-6-10-20/h7,9,11-12,18,20H,3-6,8,10H2,1-2H3. The Bertz CT molecular complexity index is 584. The molecule has 21 heavy (non-hydrogen) atoms. The van der Waals surface area contributed by atoms with Gasteiger partial charge in [0, 0.05) is 30.8 Å². The Kier molecular flexibility index (Phi) is 5.81. The highest BCUT2D eigenvalue weighted by molar-refractivity contribution is 5.93. The number of unbranched alkanes of at least 4 members (excludes halogenated alkanes) is 3. The van der Waals surface area contributed by atoms with Gasteiger partial charge in [-0.05, 0) is 37.5 Å². The van der Waals surface area contributed by atoms with Crippen LogP contribution in [-0.2, 0) is 0 Å². The van der Waals surface area contributed by atoms with Crippen LogP contribution < -0.4 is 10.1 Å². The summed E-state index contributed by atoms with van der Waals surface area (Å²) in [6, 6.07) is 6.05. The molecule has 0 fully saturated rings. The number of ether oxygens (including phenoxy) is 1. The van der Waals surface area contributed by atoms with Crippen LogP contribution in [0.3, 0.4) is 0 Å². The first kappa shape index (κ1) is 15.6. The molecule has 1 aromatic carbocycles. The number of nitrogens with one attached hydrogen (secondary N) is 1. The van der Waals surface area contributed by atoms with Crippen LogP contribution in [0.4, 0.5) is 5.69 Å². The number of rotatable bonds is 8. The summed E-state index contributed by atoms with van der Waals surface area (Å²) in [7, 11) is 1.69. The second-order valence-corrected chi connectivity index (χ2v) is 5.26. The van der Waals surface area contributed by atoms with Crippen molar-refractivity contribution in [2.24, 2.45) is 0 Å². The van der Waals surface area contributed by atoms with Gasteiger partial charge in [-0.2, -0.15) is 0 Å². The molecule has 0 amide bonds. The summed E-state index contributed by atoms with van der Waals surface area (Å²) in [6.07, 6.45) is 6.03. The van der Waals surface area contributed by atoms with Gasteiger partial charge in [0.15, 0.2) is 0 Å². The maximum absolute atomic E-state index is 8.77. The monoisotopic (exact) mass is 288 g/mol. The lowest BCUT2D eigenvalue weighted by Gasteiger charge is -2.12. The lowest BCUT2D eigenvalue weighted by Crippen LogP contribution is -2.03. The number of aliphatic hydroxyl groups excluding tert-OH is 1. The minimum atomic E-state index is 0.289. The smallest absolute Gasteiger partial charge is 0.121 e. The molecule has 0 radical (unpaired) electrons. The number of aliphatic hydroxyl groups is 1. The third-order valence-electron chi connectivity index (χ3n) is 3.67. The van der Waals surface area contributed by atoms with E-state index in [9.17, 15) is 0 Å². The summed E-state index contributed by atoms with van der Waals surface area (Å²) in [6.45, 7) is 3.28. The molecule has 2 N–H and O–H groups in total. The molecule has 2 rings (SSSR count). The Morgan fingerprint density at radius 3 is 2.76 bits per heavy atom. The van der Waals surface area contributed by atoms with Gasteiger partial charge < -0.3 is 15.2 Å². The number of pyridine rings is 1. The van der Waals surface area contributed by atoms with Gasteiger partial charge in [0.25, 0.3) is 0 Å². The first-order chi connectivity index (χ1) is 10.3. The number of hydrogen-bond donors (Lipinski definition) is 2. The highest BCUT2D eigenvalue weighted by Gasteiger charge is 2.07. The minimum absolute atomic E-state index is 0.289. The van der Waals surface area contributed by atoms with E-state index in [4.69, 9.17) is 9.84 Å². The van der Waals surface area contributed by atoms with Crippen LogP contribution in [0.15, 0.2) is 24.4 Å². The molecule has 0 aliphatic carbocycles. The Morgan fingerprint density at radius 2 is 2.00 bits per heavy atom. The van der Waals surface area contributed by atoms with Gasteiger partial charge in [0.2, 0.25) is 0 Å². The molecular weight excluding hydrogens is 264 g/mol. The second-order valence-electron chi connectivity index (χ2n) is 5.26. The van der Waals surface area contributed by atoms with E-state index < -0.39 is 0 Å². The number of aromatic nitrogens is 1. The normalized spacial score (nSPS) is 10.8. The van der Waals surface area contributed by atoms with E-state index in [1.165, 1.54) is 5.56 Å². The van der Waals surface area contributed by atoms with Crippen molar-refractivity contribution in [3.63, 3.8) is 0 Å². The van der Waals surface area contributed by atoms with E-state index >= 15 is 0 Å². The molecule has 1 heterocycles. The summed E-state index contributed by atoms with van der Waals surface area (Å²) in [4.78, 5) is 4.49. The van der Waals surface area contributed by atoms with Crippen molar-refractivity contribution < 1.29 is 9.84 Å². The van der Waals surface area contributed by atoms with Crippen LogP contribution in [0, 0.1) is 6.92 Å². The number of benzene rings is 1. The fourth-order valence-electron chi connectivity index (χ4n) is 2.43. The lowest BCUT2D eigenvalue weighted by atomic mass is 10.1. The molecule has 0 saturated carbocycles. The molecule has 4 heteroatoms. The zero-order chi connectivity index (χ0) is 15.1. The summed E-state index contributed by atoms with van der Waals surface area (Å²) in [5.41, 5.74) is 3.21. The predicted molar refractivity (Wildman–Crippen MR) is 87.1 cm³/mol. The van der Waals surface area contributed by atoms with Gasteiger partial charge in [0.05, 0.1) is 18.3 Å². The molecular formula is C17H24N2O2. The van der Waals surface area contributed by atoms with Crippen molar-refractivity contribution in [2.75, 3.05) is 25.6 Å². The molecule has 2 aromatic rings. The van der Waals surface area contributed by atoms with E-state index in [1.807, 2.05) is 24.4 Å². The van der Waals surface area contributed by atoms with Gasteiger partial charge >= 0.3 is 0 Å². The molecule has 0 spiro atoms. The predicted octanol–water partition coefficient (Wildman–Crippen LogP) is 3.52. The van der Waals surface area contributed by atoms with Gasteiger partial charge in [-0.1, -0.05) is 12.8 Å². The first-order valence-electron chi connectivity index (χ1n) is 7.54. The average molecular weight is 288 g/mol. The Morgan fingerprint density at radius 1 is 1.19 bits per heavy atom. The van der Waals surface area contributed by atoms with E-state index in [1.54, 1.807) is 7.11 Å². The van der Waals surface area contributed by atoms with Crippen LogP contribution in [-0.4, -0.2) is 30.4 Å². The fraction of sp³-hybridized carbons (Fsp3) is 0.471. The molecule has 4 nitrogen and oxygen atoms in total. The van der Waals surface area contributed by atoms with Crippen molar-refractivity contribution in [1.82, 2.24) is 4.98 Å². The molecule has 0 unspecified atom stereocenters. The number of hydrogen-bond acceptors (Lipinski definition) is 4. The van der Waals surface area contributed by atoms with Crippen molar-refractivity contribution >= 4 is 16.6 Å². The lowest BCUT2D eigenvalue weighted by molar-refractivity contribution is 0.283. The van der Waals surface area contributed by atoms with Crippen molar-refractivity contribution in [1.29, 1.82) is 0 Å². The molecule has 0 aliphatic rings. The molecule has 0 bridgehead atoms. The minimum Gasteiger partial charge on any atom is -0.497 e. The third-order valence-corrected chi connectivity index (χ3v) is 3.67. The number of nitrogens with zero attached hydrogens (tertiary/aromatic N) is 1. The van der Waals surface area contributed by atoms with Crippen LogP contribution in [0.2, 0.25) is 0 Å². The van der Waals surface area contributed by atoms with Crippen molar-refractivity contribution in [2.45, 2.75) is 32.6 Å². The van der Waals surface area contributed by atoms with E-state index in [-0.39, 0.29) is 6.61 Å². The molecule has 1 aromatic heterocycles. The SMILES string of the molecule is COc1cc(NCCCCCCO)c2nccc(C)c2c1. The van der Waals surface area contributed by atoms with Gasteiger partial charge in [-0.3, -0.25) is 4.98 Å². The fourth-order valence-corrected chi connectivity index (χ4v) is 2.43. The van der Waals surface area contributed by atoms with Crippen LogP contribution >= 0.6 is 0 Å². The van der Waals surface area contributed by atoms with E-state index in [2.05, 4.69) is 17.2 Å². The van der Waals surface area contributed by atoms with Gasteiger partial charge in [-0.15, -0.1) is 0 Å². The van der Waals surface area contributed by atoms with Crippen LogP contribution in [0.1, 0.15) is 31.2 Å². The number of fused-ring (bicyclic) bond motifs is 1. The maximum atomic E-state index is 8.77. The number of methoxy groups -OCH3 is 1. The Balaban J connectivity index is 2.09. The average Bonchev–Trinajstić information content (AvgIpc) is 2.51. The van der Waals surface area contributed by atoms with Gasteiger partial charge in [0.1, 0.15) is 5.75 Å². The molecule has 0 aliphatic heterocycles. The number of anilines is 1. The van der Waals surface area contributed by atoms with Gasteiger partial charge in [-0.25, -0.2) is 0 Å². The second kappa shape index (κ2) is 7.84. The topological polar surface area (TPSA) is 54.4 Å². The largest absolute Gasteiger partial charge is 0.497 e. The first-order valence-corrected chi connectivity index (χ1v) is 7.54. The Hall–Kier alpha value is -1.81. The Labute approximate surface area is 126 Å². The van der Waals surface area contributed by atoms with Crippen molar-refractivity contribution in [3.8, 4) is 5.75 Å². The quantitative estimate of drug-likeness (QED) is 0.730. The van der Waals surface area contributed by atoms with E-state index in [0.29, 0.717) is 0 Å². The maximum Gasteiger partial charge on any atom is 0.121 e. The highest BCUT2D eigenvalue weighted by Crippen LogP contribution is 2.29. The summed E-state index contributed by atoms with van der Waals surface area (Å²) in [5, 5.41) is 13.4. The third kappa shape index (κ3) is 4.08. The van der Waals surface area contributed by atoms with Crippen LogP contribution in [0.5, 0.6) is 5.75 Å². The summed E-state index contributed by atoms with van der Waals surface area (Å²) in [5.74, 6) is 0.849. The highest BCUT2D eigenvalue weighted by atomic mass is 16.5.